The molecule has 6 heteroatoms. The standard InChI is InChI=1S/C22H20N2O3S/c1-23-20(16-6-4-3-5-7-16)21(25)24(22(23)26)14-18-12-13-19(28-18)15-8-10-17(27-2)11-9-15/h3-13,20H,14H2,1-2H3. The van der Waals surface area contributed by atoms with E-state index in [1.54, 1.807) is 25.5 Å². The zero-order valence-corrected chi connectivity index (χ0v) is 16.5. The molecular weight excluding hydrogens is 372 g/mol. The molecule has 2 aromatic carbocycles. The highest BCUT2D eigenvalue weighted by Crippen LogP contribution is 2.34. The predicted molar refractivity (Wildman–Crippen MR) is 109 cm³/mol. The summed E-state index contributed by atoms with van der Waals surface area (Å²) >= 11 is 1.58. The average molecular weight is 392 g/mol. The lowest BCUT2D eigenvalue weighted by molar-refractivity contribution is -0.128. The minimum Gasteiger partial charge on any atom is -0.497 e. The molecule has 5 nitrogen and oxygen atoms in total. The first-order valence-electron chi connectivity index (χ1n) is 8.94. The number of carbonyl (C=O) groups excluding carboxylic acids is 2. The fourth-order valence-electron chi connectivity index (χ4n) is 3.38. The Kier molecular flexibility index (Phi) is 4.88. The largest absolute Gasteiger partial charge is 0.497 e. The Morgan fingerprint density at radius 3 is 2.36 bits per heavy atom. The van der Waals surface area contributed by atoms with Crippen LogP contribution in [0, 0.1) is 0 Å². The lowest BCUT2D eigenvalue weighted by Crippen LogP contribution is -2.30. The van der Waals surface area contributed by atoms with Crippen molar-refractivity contribution in [3.05, 3.63) is 77.2 Å². The van der Waals surface area contributed by atoms with E-state index in [0.29, 0.717) is 0 Å². The van der Waals surface area contributed by atoms with E-state index in [4.69, 9.17) is 4.74 Å². The van der Waals surface area contributed by atoms with Gasteiger partial charge in [-0.3, -0.25) is 9.69 Å². The Morgan fingerprint density at radius 2 is 1.68 bits per heavy atom. The van der Waals surface area contributed by atoms with Crippen LogP contribution in [0.15, 0.2) is 66.7 Å². The molecule has 1 aliphatic heterocycles. The molecule has 0 spiro atoms. The molecule has 0 aliphatic carbocycles. The SMILES string of the molecule is COc1ccc(-c2ccc(CN3C(=O)C(c4ccccc4)N(C)C3=O)s2)cc1. The number of carbonyl (C=O) groups is 2. The number of thiophene rings is 1. The molecule has 0 N–H and O–H groups in total. The molecule has 3 amide bonds. The number of imide groups is 1. The highest BCUT2D eigenvalue weighted by atomic mass is 32.1. The molecule has 1 saturated heterocycles. The number of rotatable bonds is 5. The number of likely N-dealkylation sites (N-methyl/N-ethyl adjacent to an activating group) is 1. The van der Waals surface area contributed by atoms with Crippen LogP contribution in [0.4, 0.5) is 4.79 Å². The smallest absolute Gasteiger partial charge is 0.327 e. The summed E-state index contributed by atoms with van der Waals surface area (Å²) in [5, 5.41) is 0. The van der Waals surface area contributed by atoms with E-state index in [0.717, 1.165) is 26.6 Å². The summed E-state index contributed by atoms with van der Waals surface area (Å²) in [6, 6.07) is 20.4. The lowest BCUT2D eigenvalue weighted by atomic mass is 10.1. The van der Waals surface area contributed by atoms with E-state index in [1.807, 2.05) is 66.7 Å². The van der Waals surface area contributed by atoms with Gasteiger partial charge >= 0.3 is 6.03 Å². The fraction of sp³-hybridized carbons (Fsp3) is 0.182. The highest BCUT2D eigenvalue weighted by molar-refractivity contribution is 7.15. The van der Waals surface area contributed by atoms with Crippen molar-refractivity contribution >= 4 is 23.3 Å². The molecule has 142 valence electrons. The fourth-order valence-corrected chi connectivity index (χ4v) is 4.39. The maximum Gasteiger partial charge on any atom is 0.327 e. The molecule has 4 rings (SSSR count). The van der Waals surface area contributed by atoms with Crippen molar-refractivity contribution in [1.82, 2.24) is 9.80 Å². The van der Waals surface area contributed by atoms with Gasteiger partial charge in [0.2, 0.25) is 0 Å². The number of hydrogen-bond acceptors (Lipinski definition) is 4. The van der Waals surface area contributed by atoms with Gasteiger partial charge in [-0.15, -0.1) is 11.3 Å². The zero-order chi connectivity index (χ0) is 19.7. The van der Waals surface area contributed by atoms with Crippen molar-refractivity contribution in [2.45, 2.75) is 12.6 Å². The van der Waals surface area contributed by atoms with Crippen LogP contribution in [-0.4, -0.2) is 35.9 Å². The van der Waals surface area contributed by atoms with Crippen molar-refractivity contribution < 1.29 is 14.3 Å². The van der Waals surface area contributed by atoms with Crippen molar-refractivity contribution in [2.24, 2.45) is 0 Å². The monoisotopic (exact) mass is 392 g/mol. The third-order valence-electron chi connectivity index (χ3n) is 4.89. The molecule has 1 aromatic heterocycles. The number of amides is 3. The molecular formula is C22H20N2O3S. The molecule has 0 radical (unpaired) electrons. The number of ether oxygens (including phenoxy) is 1. The molecule has 1 unspecified atom stereocenters. The first kappa shape index (κ1) is 18.3. The molecule has 3 aromatic rings. The molecule has 28 heavy (non-hydrogen) atoms. The Balaban J connectivity index is 1.53. The number of urea groups is 1. The number of hydrogen-bond donors (Lipinski definition) is 0. The molecule has 2 heterocycles. The summed E-state index contributed by atoms with van der Waals surface area (Å²) in [6.07, 6.45) is 0. The Morgan fingerprint density at radius 1 is 0.964 bits per heavy atom. The minimum atomic E-state index is -0.560. The maximum atomic E-state index is 12.9. The van der Waals surface area contributed by atoms with Crippen LogP contribution in [-0.2, 0) is 11.3 Å². The number of methoxy groups -OCH3 is 1. The van der Waals surface area contributed by atoms with E-state index < -0.39 is 6.04 Å². The number of benzene rings is 2. The normalized spacial score (nSPS) is 16.7. The van der Waals surface area contributed by atoms with Crippen LogP contribution >= 0.6 is 11.3 Å². The van der Waals surface area contributed by atoms with Gasteiger partial charge in [0, 0.05) is 16.8 Å². The van der Waals surface area contributed by atoms with Gasteiger partial charge in [0.15, 0.2) is 0 Å². The predicted octanol–water partition coefficient (Wildman–Crippen LogP) is 4.56. The highest BCUT2D eigenvalue weighted by Gasteiger charge is 2.43. The van der Waals surface area contributed by atoms with Gasteiger partial charge in [0.05, 0.1) is 13.7 Å². The summed E-state index contributed by atoms with van der Waals surface area (Å²) in [5.41, 5.74) is 1.91. The molecule has 1 aliphatic rings. The maximum absolute atomic E-state index is 12.9. The van der Waals surface area contributed by atoms with E-state index in [1.165, 1.54) is 9.80 Å². The van der Waals surface area contributed by atoms with E-state index in [9.17, 15) is 9.59 Å². The van der Waals surface area contributed by atoms with Crippen molar-refractivity contribution in [3.63, 3.8) is 0 Å². The van der Waals surface area contributed by atoms with Gasteiger partial charge < -0.3 is 9.64 Å². The Hall–Kier alpha value is -3.12. The van der Waals surface area contributed by atoms with Gasteiger partial charge in [-0.25, -0.2) is 4.79 Å². The third kappa shape index (κ3) is 3.27. The van der Waals surface area contributed by atoms with E-state index in [2.05, 4.69) is 0 Å². The van der Waals surface area contributed by atoms with Crippen LogP contribution in [0.5, 0.6) is 5.75 Å². The zero-order valence-electron chi connectivity index (χ0n) is 15.7. The van der Waals surface area contributed by atoms with Crippen LogP contribution in [0.1, 0.15) is 16.5 Å². The summed E-state index contributed by atoms with van der Waals surface area (Å²) in [5.74, 6) is 0.627. The van der Waals surface area contributed by atoms with Crippen molar-refractivity contribution in [3.8, 4) is 16.2 Å². The first-order valence-corrected chi connectivity index (χ1v) is 9.76. The van der Waals surface area contributed by atoms with Crippen molar-refractivity contribution in [2.75, 3.05) is 14.2 Å². The van der Waals surface area contributed by atoms with Gasteiger partial charge in [-0.05, 0) is 47.5 Å². The van der Waals surface area contributed by atoms with Crippen LogP contribution in [0.25, 0.3) is 10.4 Å². The second-order valence-corrected chi connectivity index (χ2v) is 7.79. The topological polar surface area (TPSA) is 49.9 Å². The Bertz CT molecular complexity index is 998. The molecule has 1 fully saturated rings. The molecule has 0 bridgehead atoms. The third-order valence-corrected chi connectivity index (χ3v) is 6.00. The second kappa shape index (κ2) is 7.48. The number of nitrogens with zero attached hydrogens (tertiary/aromatic N) is 2. The quantitative estimate of drug-likeness (QED) is 0.598. The summed E-state index contributed by atoms with van der Waals surface area (Å²) in [7, 11) is 3.32. The summed E-state index contributed by atoms with van der Waals surface area (Å²) < 4.78 is 5.20. The van der Waals surface area contributed by atoms with Gasteiger partial charge in [-0.1, -0.05) is 30.3 Å². The van der Waals surface area contributed by atoms with Crippen LogP contribution < -0.4 is 4.74 Å². The average Bonchev–Trinajstić information content (AvgIpc) is 3.28. The van der Waals surface area contributed by atoms with Crippen molar-refractivity contribution in [1.29, 1.82) is 0 Å². The van der Waals surface area contributed by atoms with E-state index in [-0.39, 0.29) is 18.5 Å². The van der Waals surface area contributed by atoms with Gasteiger partial charge in [-0.2, -0.15) is 0 Å². The molecule has 0 saturated carbocycles. The lowest BCUT2D eigenvalue weighted by Gasteiger charge is -2.15. The molecule has 1 atom stereocenters. The van der Waals surface area contributed by atoms with E-state index >= 15 is 0 Å². The first-order chi connectivity index (χ1) is 13.6. The Labute approximate surface area is 167 Å². The minimum absolute atomic E-state index is 0.182. The van der Waals surface area contributed by atoms with Gasteiger partial charge in [0.25, 0.3) is 5.91 Å². The van der Waals surface area contributed by atoms with Crippen LogP contribution in [0.3, 0.4) is 0 Å². The van der Waals surface area contributed by atoms with Crippen LogP contribution in [0.2, 0.25) is 0 Å². The summed E-state index contributed by atoms with van der Waals surface area (Å²) in [4.78, 5) is 30.5. The second-order valence-electron chi connectivity index (χ2n) is 6.63. The summed E-state index contributed by atoms with van der Waals surface area (Å²) in [6.45, 7) is 0.284. The van der Waals surface area contributed by atoms with Gasteiger partial charge in [0.1, 0.15) is 11.8 Å².